The first-order chi connectivity index (χ1) is 8.40. The average molecular weight is 249 g/mol. The Balaban J connectivity index is 1.75. The molecule has 0 spiro atoms. The molecular formula is C15H23NS. The first-order valence-corrected chi connectivity index (χ1v) is 7.73. The molecule has 1 aliphatic carbocycles. The molecule has 17 heavy (non-hydrogen) atoms. The molecular weight excluding hydrogens is 226 g/mol. The topological polar surface area (TPSA) is 12.0 Å². The second-order valence-electron chi connectivity index (χ2n) is 4.79. The Kier molecular flexibility index (Phi) is 5.27. The van der Waals surface area contributed by atoms with E-state index in [4.69, 9.17) is 0 Å². The van der Waals surface area contributed by atoms with Crippen LogP contribution in [0.1, 0.15) is 56.4 Å². The van der Waals surface area contributed by atoms with Crippen molar-refractivity contribution in [2.24, 2.45) is 0 Å². The molecule has 0 saturated heterocycles. The van der Waals surface area contributed by atoms with Gasteiger partial charge in [0.1, 0.15) is 0 Å². The van der Waals surface area contributed by atoms with E-state index in [-0.39, 0.29) is 0 Å². The summed E-state index contributed by atoms with van der Waals surface area (Å²) in [5.41, 5.74) is 1.67. The highest BCUT2D eigenvalue weighted by Crippen LogP contribution is 2.23. The van der Waals surface area contributed by atoms with Gasteiger partial charge in [0.25, 0.3) is 0 Å². The van der Waals surface area contributed by atoms with Crippen molar-refractivity contribution < 1.29 is 0 Å². The average Bonchev–Trinajstić information content (AvgIpc) is 2.90. The van der Waals surface area contributed by atoms with Crippen LogP contribution in [-0.2, 0) is 0 Å². The maximum absolute atomic E-state index is 3.69. The molecule has 2 rings (SSSR count). The summed E-state index contributed by atoms with van der Waals surface area (Å²) in [7, 11) is 0. The second kappa shape index (κ2) is 6.97. The lowest BCUT2D eigenvalue weighted by Gasteiger charge is -2.17. The summed E-state index contributed by atoms with van der Waals surface area (Å²) >= 11 is 1.86. The minimum atomic E-state index is 0.555. The summed E-state index contributed by atoms with van der Waals surface area (Å²) in [6.45, 7) is 3.39. The van der Waals surface area contributed by atoms with Crippen molar-refractivity contribution in [3.05, 3.63) is 34.0 Å². The highest BCUT2D eigenvalue weighted by atomic mass is 32.1. The molecule has 2 heteroatoms. The molecule has 0 aromatic carbocycles. The SMILES string of the molecule is CCC(NCCC1=CCCCC1)c1cccs1. The van der Waals surface area contributed by atoms with Crippen LogP contribution < -0.4 is 5.32 Å². The van der Waals surface area contributed by atoms with Crippen LogP contribution in [0.4, 0.5) is 0 Å². The van der Waals surface area contributed by atoms with Gasteiger partial charge in [-0.05, 0) is 56.5 Å². The summed E-state index contributed by atoms with van der Waals surface area (Å²) < 4.78 is 0. The molecule has 0 bridgehead atoms. The van der Waals surface area contributed by atoms with Crippen molar-refractivity contribution in [2.75, 3.05) is 6.54 Å². The Morgan fingerprint density at radius 3 is 3.00 bits per heavy atom. The summed E-state index contributed by atoms with van der Waals surface area (Å²) in [6, 6.07) is 4.94. The molecule has 1 heterocycles. The molecule has 1 nitrogen and oxygen atoms in total. The number of hydrogen-bond acceptors (Lipinski definition) is 2. The highest BCUT2D eigenvalue weighted by molar-refractivity contribution is 7.10. The van der Waals surface area contributed by atoms with Gasteiger partial charge in [0.2, 0.25) is 0 Å². The molecule has 94 valence electrons. The molecule has 1 aliphatic rings. The maximum atomic E-state index is 3.69. The van der Waals surface area contributed by atoms with Gasteiger partial charge in [0.15, 0.2) is 0 Å². The van der Waals surface area contributed by atoms with Gasteiger partial charge in [-0.3, -0.25) is 0 Å². The van der Waals surface area contributed by atoms with Crippen LogP contribution in [0.25, 0.3) is 0 Å². The predicted octanol–water partition coefficient (Wildman–Crippen LogP) is 4.68. The third-order valence-electron chi connectivity index (χ3n) is 3.52. The fraction of sp³-hybridized carbons (Fsp3) is 0.600. The van der Waals surface area contributed by atoms with Gasteiger partial charge in [-0.25, -0.2) is 0 Å². The number of rotatable bonds is 6. The van der Waals surface area contributed by atoms with Crippen LogP contribution in [0.3, 0.4) is 0 Å². The Morgan fingerprint density at radius 1 is 1.41 bits per heavy atom. The van der Waals surface area contributed by atoms with E-state index >= 15 is 0 Å². The Bertz CT molecular complexity index is 340. The minimum Gasteiger partial charge on any atom is -0.309 e. The predicted molar refractivity (Wildman–Crippen MR) is 76.5 cm³/mol. The quantitative estimate of drug-likeness (QED) is 0.722. The van der Waals surface area contributed by atoms with Crippen molar-refractivity contribution in [3.8, 4) is 0 Å². The van der Waals surface area contributed by atoms with Gasteiger partial charge in [0, 0.05) is 10.9 Å². The van der Waals surface area contributed by atoms with Crippen LogP contribution >= 0.6 is 11.3 Å². The van der Waals surface area contributed by atoms with Crippen molar-refractivity contribution in [2.45, 2.75) is 51.5 Å². The fourth-order valence-electron chi connectivity index (χ4n) is 2.47. The Hall–Kier alpha value is -0.600. The molecule has 1 N–H and O–H groups in total. The fourth-order valence-corrected chi connectivity index (χ4v) is 3.36. The van der Waals surface area contributed by atoms with Gasteiger partial charge in [-0.1, -0.05) is 24.6 Å². The third kappa shape index (κ3) is 3.97. The van der Waals surface area contributed by atoms with Crippen molar-refractivity contribution in [1.29, 1.82) is 0 Å². The Morgan fingerprint density at radius 2 is 2.35 bits per heavy atom. The van der Waals surface area contributed by atoms with Crippen molar-refractivity contribution >= 4 is 11.3 Å². The third-order valence-corrected chi connectivity index (χ3v) is 4.50. The summed E-state index contributed by atoms with van der Waals surface area (Å²) in [5, 5.41) is 5.86. The molecule has 1 atom stereocenters. The lowest BCUT2D eigenvalue weighted by Crippen LogP contribution is -2.21. The molecule has 1 aromatic heterocycles. The van der Waals surface area contributed by atoms with Crippen LogP contribution in [0.15, 0.2) is 29.2 Å². The van der Waals surface area contributed by atoms with Crippen LogP contribution in [0.2, 0.25) is 0 Å². The van der Waals surface area contributed by atoms with E-state index in [0.29, 0.717) is 6.04 Å². The molecule has 1 aromatic rings. The summed E-state index contributed by atoms with van der Waals surface area (Å²) in [4.78, 5) is 1.48. The molecule has 0 aliphatic heterocycles. The monoisotopic (exact) mass is 249 g/mol. The number of allylic oxidation sites excluding steroid dienone is 1. The lowest BCUT2D eigenvalue weighted by atomic mass is 9.97. The van der Waals surface area contributed by atoms with Crippen molar-refractivity contribution in [3.63, 3.8) is 0 Å². The van der Waals surface area contributed by atoms with Gasteiger partial charge in [-0.2, -0.15) is 0 Å². The largest absolute Gasteiger partial charge is 0.309 e. The van der Waals surface area contributed by atoms with E-state index in [0.717, 1.165) is 6.54 Å². The van der Waals surface area contributed by atoms with E-state index in [1.54, 1.807) is 5.57 Å². The smallest absolute Gasteiger partial charge is 0.0412 e. The first kappa shape index (κ1) is 12.8. The molecule has 0 radical (unpaired) electrons. The molecule has 0 saturated carbocycles. The normalized spacial score (nSPS) is 17.8. The van der Waals surface area contributed by atoms with Gasteiger partial charge in [0.05, 0.1) is 0 Å². The van der Waals surface area contributed by atoms with E-state index in [1.807, 2.05) is 11.3 Å². The molecule has 0 amide bonds. The first-order valence-electron chi connectivity index (χ1n) is 6.85. The zero-order chi connectivity index (χ0) is 11.9. The zero-order valence-electron chi connectivity index (χ0n) is 10.7. The van der Waals surface area contributed by atoms with Crippen LogP contribution in [0.5, 0.6) is 0 Å². The maximum Gasteiger partial charge on any atom is 0.0412 e. The van der Waals surface area contributed by atoms with E-state index < -0.39 is 0 Å². The number of thiophene rings is 1. The van der Waals surface area contributed by atoms with Gasteiger partial charge >= 0.3 is 0 Å². The van der Waals surface area contributed by atoms with E-state index in [9.17, 15) is 0 Å². The number of hydrogen-bond donors (Lipinski definition) is 1. The zero-order valence-corrected chi connectivity index (χ0v) is 11.6. The summed E-state index contributed by atoms with van der Waals surface area (Å²) in [6.07, 6.45) is 10.3. The van der Waals surface area contributed by atoms with E-state index in [1.165, 1.54) is 43.4 Å². The standard InChI is InChI=1S/C15H23NS/c1-2-14(15-9-6-12-17-15)16-11-10-13-7-4-3-5-8-13/h6-7,9,12,14,16H,2-5,8,10-11H2,1H3. The second-order valence-corrected chi connectivity index (χ2v) is 5.77. The number of nitrogens with one attached hydrogen (secondary N) is 1. The van der Waals surface area contributed by atoms with E-state index in [2.05, 4.69) is 35.8 Å². The van der Waals surface area contributed by atoms with Gasteiger partial charge < -0.3 is 5.32 Å². The van der Waals surface area contributed by atoms with Crippen LogP contribution in [0, 0.1) is 0 Å². The summed E-state index contributed by atoms with van der Waals surface area (Å²) in [5.74, 6) is 0. The lowest BCUT2D eigenvalue weighted by molar-refractivity contribution is 0.522. The minimum absolute atomic E-state index is 0.555. The van der Waals surface area contributed by atoms with Crippen molar-refractivity contribution in [1.82, 2.24) is 5.32 Å². The molecule has 1 unspecified atom stereocenters. The Labute approximate surface area is 109 Å². The van der Waals surface area contributed by atoms with Crippen LogP contribution in [-0.4, -0.2) is 6.54 Å². The van der Waals surface area contributed by atoms with Gasteiger partial charge in [-0.15, -0.1) is 11.3 Å². The molecule has 0 fully saturated rings. The highest BCUT2D eigenvalue weighted by Gasteiger charge is 2.09.